The second-order valence-electron chi connectivity index (χ2n) is 4.52. The van der Waals surface area contributed by atoms with E-state index in [4.69, 9.17) is 23.2 Å². The summed E-state index contributed by atoms with van der Waals surface area (Å²) in [6.45, 7) is 0. The number of carbonyl (C=O) groups is 1. The van der Waals surface area contributed by atoms with Gasteiger partial charge in [-0.1, -0.05) is 48.6 Å². The van der Waals surface area contributed by atoms with Crippen molar-refractivity contribution in [2.45, 2.75) is 6.42 Å². The second-order valence-corrected chi connectivity index (χ2v) is 5.06. The molecule has 1 nitrogen and oxygen atoms in total. The molecule has 0 aliphatic heterocycles. The van der Waals surface area contributed by atoms with Crippen molar-refractivity contribution >= 4 is 29.0 Å². The Balaban J connectivity index is 2.17. The largest absolute Gasteiger partial charge is 0.289 e. The van der Waals surface area contributed by atoms with Gasteiger partial charge in [-0.25, -0.2) is 0 Å². The topological polar surface area (TPSA) is 17.1 Å². The highest BCUT2D eigenvalue weighted by Crippen LogP contribution is 2.33. The Labute approximate surface area is 117 Å². The summed E-state index contributed by atoms with van der Waals surface area (Å²) in [6.07, 6.45) is 6.44. The van der Waals surface area contributed by atoms with E-state index < -0.39 is 0 Å². The molecule has 1 aliphatic rings. The minimum Gasteiger partial charge on any atom is -0.289 e. The molecule has 0 atom stereocenters. The fourth-order valence-corrected chi connectivity index (χ4v) is 2.56. The maximum atomic E-state index is 12.2. The van der Waals surface area contributed by atoms with Crippen LogP contribution in [0.2, 0.25) is 0 Å². The van der Waals surface area contributed by atoms with Crippen LogP contribution < -0.4 is 0 Å². The molecule has 1 aliphatic carbocycles. The monoisotopic (exact) mass is 280 g/mol. The predicted octanol–water partition coefficient (Wildman–Crippen LogP) is 4.22. The van der Waals surface area contributed by atoms with E-state index in [-0.39, 0.29) is 11.2 Å². The van der Waals surface area contributed by atoms with Crippen molar-refractivity contribution in [3.05, 3.63) is 59.7 Å². The highest BCUT2D eigenvalue weighted by Gasteiger charge is 2.27. The first-order valence-electron chi connectivity index (χ1n) is 5.82. The zero-order valence-corrected chi connectivity index (χ0v) is 11.4. The van der Waals surface area contributed by atoms with Crippen molar-refractivity contribution in [3.8, 4) is 0 Å². The summed E-state index contributed by atoms with van der Waals surface area (Å²) in [7, 11) is 0. The number of halogens is 2. The number of ketones is 1. The van der Waals surface area contributed by atoms with E-state index in [1.807, 2.05) is 48.6 Å². The lowest BCUT2D eigenvalue weighted by molar-refractivity contribution is 0.103. The van der Waals surface area contributed by atoms with Gasteiger partial charge in [0, 0.05) is 28.3 Å². The van der Waals surface area contributed by atoms with Crippen LogP contribution in [0.15, 0.2) is 54.1 Å². The van der Waals surface area contributed by atoms with Crippen molar-refractivity contribution in [2.75, 3.05) is 11.8 Å². The highest BCUT2D eigenvalue weighted by molar-refractivity contribution is 6.21. The summed E-state index contributed by atoms with van der Waals surface area (Å²) in [5.41, 5.74) is 1.22. The first-order chi connectivity index (χ1) is 8.71. The maximum Gasteiger partial charge on any atom is 0.192 e. The molecule has 3 heteroatoms. The molecule has 0 saturated carbocycles. The molecule has 0 radical (unpaired) electrons. The van der Waals surface area contributed by atoms with Crippen molar-refractivity contribution in [2.24, 2.45) is 5.41 Å². The third-order valence-electron chi connectivity index (χ3n) is 3.18. The molecule has 0 unspecified atom stereocenters. The first-order valence-corrected chi connectivity index (χ1v) is 6.89. The molecule has 0 aromatic heterocycles. The molecule has 0 saturated heterocycles. The summed E-state index contributed by atoms with van der Waals surface area (Å²) in [5, 5.41) is 0. The van der Waals surface area contributed by atoms with E-state index in [0.29, 0.717) is 29.3 Å². The van der Waals surface area contributed by atoms with E-state index >= 15 is 0 Å². The summed E-state index contributed by atoms with van der Waals surface area (Å²) in [4.78, 5) is 12.2. The average molecular weight is 281 g/mol. The number of rotatable bonds is 4. The molecule has 94 valence electrons. The Bertz CT molecular complexity index is 484. The van der Waals surface area contributed by atoms with Crippen LogP contribution in [0, 0.1) is 5.41 Å². The zero-order valence-electron chi connectivity index (χ0n) is 9.90. The van der Waals surface area contributed by atoms with Crippen LogP contribution in [0.3, 0.4) is 0 Å². The number of alkyl halides is 2. The van der Waals surface area contributed by atoms with E-state index in [9.17, 15) is 4.79 Å². The third kappa shape index (κ3) is 2.68. The molecule has 0 bridgehead atoms. The minimum atomic E-state index is -0.205. The van der Waals surface area contributed by atoms with Crippen LogP contribution in [0.25, 0.3) is 0 Å². The van der Waals surface area contributed by atoms with E-state index in [1.54, 1.807) is 0 Å². The quantitative estimate of drug-likeness (QED) is 0.596. The van der Waals surface area contributed by atoms with Gasteiger partial charge in [0.15, 0.2) is 5.78 Å². The van der Waals surface area contributed by atoms with Crippen molar-refractivity contribution in [3.63, 3.8) is 0 Å². The normalized spacial score (nSPS) is 17.3. The number of hydrogen-bond acceptors (Lipinski definition) is 1. The van der Waals surface area contributed by atoms with Gasteiger partial charge in [0.2, 0.25) is 0 Å². The van der Waals surface area contributed by atoms with Crippen LogP contribution in [0.4, 0.5) is 0 Å². The minimum absolute atomic E-state index is 0.0459. The van der Waals surface area contributed by atoms with Gasteiger partial charge >= 0.3 is 0 Å². The van der Waals surface area contributed by atoms with Crippen LogP contribution >= 0.6 is 23.2 Å². The molecule has 0 fully saturated rings. The molecule has 1 aromatic rings. The molecule has 0 N–H and O–H groups in total. The van der Waals surface area contributed by atoms with Gasteiger partial charge in [0.1, 0.15) is 0 Å². The summed E-state index contributed by atoms with van der Waals surface area (Å²) in [6, 6.07) is 9.27. The maximum absolute atomic E-state index is 12.2. The molecule has 0 heterocycles. The van der Waals surface area contributed by atoms with Gasteiger partial charge in [0.05, 0.1) is 0 Å². The lowest BCUT2D eigenvalue weighted by Gasteiger charge is -2.27. The molecule has 18 heavy (non-hydrogen) atoms. The van der Waals surface area contributed by atoms with Gasteiger partial charge in [0.25, 0.3) is 0 Å². The van der Waals surface area contributed by atoms with Crippen LogP contribution in [0.1, 0.15) is 16.8 Å². The molecule has 0 amide bonds. The van der Waals surface area contributed by atoms with Gasteiger partial charge in [-0.15, -0.1) is 23.2 Å². The van der Waals surface area contributed by atoms with Gasteiger partial charge in [-0.05, 0) is 6.42 Å². The molecule has 0 spiro atoms. The van der Waals surface area contributed by atoms with E-state index in [1.165, 1.54) is 0 Å². The molecule has 2 rings (SSSR count). The lowest BCUT2D eigenvalue weighted by Crippen LogP contribution is -2.24. The highest BCUT2D eigenvalue weighted by atomic mass is 35.5. The molecular weight excluding hydrogens is 267 g/mol. The van der Waals surface area contributed by atoms with E-state index in [2.05, 4.69) is 0 Å². The number of benzene rings is 1. The average Bonchev–Trinajstić information content (AvgIpc) is 2.47. The Kier molecular flexibility index (Phi) is 4.26. The molecule has 1 aromatic carbocycles. The lowest BCUT2D eigenvalue weighted by atomic mass is 9.82. The Morgan fingerprint density at radius 3 is 2.33 bits per heavy atom. The summed E-state index contributed by atoms with van der Waals surface area (Å²) >= 11 is 11.9. The zero-order chi connectivity index (χ0) is 13.0. The number of Topliss-reactive ketones (excluding diaryl/α,β-unsaturated/α-hetero) is 1. The summed E-state index contributed by atoms with van der Waals surface area (Å²) in [5.74, 6) is 0.983. The Hall–Kier alpha value is -1.05. The third-order valence-corrected chi connectivity index (χ3v) is 4.24. The smallest absolute Gasteiger partial charge is 0.192 e. The van der Waals surface area contributed by atoms with Gasteiger partial charge in [-0.3, -0.25) is 4.79 Å². The second kappa shape index (κ2) is 5.73. The fourth-order valence-electron chi connectivity index (χ4n) is 1.87. The Morgan fingerprint density at radius 1 is 1.17 bits per heavy atom. The SMILES string of the molecule is O=C(C1=CCC(CCl)(CCl)C=C1)c1ccccc1. The summed E-state index contributed by atoms with van der Waals surface area (Å²) < 4.78 is 0. The Morgan fingerprint density at radius 2 is 1.83 bits per heavy atom. The first kappa shape index (κ1) is 13.4. The van der Waals surface area contributed by atoms with Crippen LogP contribution in [-0.2, 0) is 0 Å². The van der Waals surface area contributed by atoms with Crippen molar-refractivity contribution in [1.29, 1.82) is 0 Å². The standard InChI is InChI=1S/C15H14Cl2O/c16-10-15(11-17)8-6-13(7-9-15)14(18)12-4-2-1-3-5-12/h1-8H,9-11H2. The van der Waals surface area contributed by atoms with Crippen LogP contribution in [-0.4, -0.2) is 17.5 Å². The van der Waals surface area contributed by atoms with Crippen molar-refractivity contribution < 1.29 is 4.79 Å². The number of hydrogen-bond donors (Lipinski definition) is 0. The molecular formula is C15H14Cl2O. The van der Waals surface area contributed by atoms with E-state index in [0.717, 1.165) is 0 Å². The number of carbonyl (C=O) groups excluding carboxylic acids is 1. The van der Waals surface area contributed by atoms with Crippen LogP contribution in [0.5, 0.6) is 0 Å². The van der Waals surface area contributed by atoms with Gasteiger partial charge < -0.3 is 0 Å². The van der Waals surface area contributed by atoms with Gasteiger partial charge in [-0.2, -0.15) is 0 Å². The fraction of sp³-hybridized carbons (Fsp3) is 0.267. The predicted molar refractivity (Wildman–Crippen MR) is 76.5 cm³/mol. The van der Waals surface area contributed by atoms with Crippen molar-refractivity contribution in [1.82, 2.24) is 0 Å². The number of allylic oxidation sites excluding steroid dienone is 4.